The molecule has 0 aromatic heterocycles. The summed E-state index contributed by atoms with van der Waals surface area (Å²) in [4.78, 5) is 24.7. The van der Waals surface area contributed by atoms with Crippen LogP contribution in [0.4, 0.5) is 0 Å². The van der Waals surface area contributed by atoms with E-state index < -0.39 is 12.1 Å². The van der Waals surface area contributed by atoms with E-state index in [1.165, 1.54) is 11.1 Å². The standard InChI is InChI=1S/C20H20O3/c1-13-6-3-4-9-18(13)20(22)23-14(2)19(21)17-11-10-15-7-5-8-16(15)12-17/h3-4,6,9-12,14H,5,7-8H2,1-2H3/t14-/m0/s1. The maximum absolute atomic E-state index is 12.5. The van der Waals surface area contributed by atoms with Gasteiger partial charge in [0.1, 0.15) is 0 Å². The molecule has 2 aromatic carbocycles. The van der Waals surface area contributed by atoms with E-state index in [4.69, 9.17) is 4.74 Å². The first kappa shape index (κ1) is 15.5. The Morgan fingerprint density at radius 3 is 2.57 bits per heavy atom. The summed E-state index contributed by atoms with van der Waals surface area (Å²) in [7, 11) is 0. The minimum absolute atomic E-state index is 0.151. The molecule has 0 fully saturated rings. The van der Waals surface area contributed by atoms with Crippen molar-refractivity contribution in [2.45, 2.75) is 39.2 Å². The monoisotopic (exact) mass is 308 g/mol. The summed E-state index contributed by atoms with van der Waals surface area (Å²) in [6, 6.07) is 13.0. The molecule has 1 aliphatic rings. The van der Waals surface area contributed by atoms with Crippen LogP contribution in [-0.4, -0.2) is 17.9 Å². The minimum Gasteiger partial charge on any atom is -0.451 e. The molecule has 3 rings (SSSR count). The largest absolute Gasteiger partial charge is 0.451 e. The van der Waals surface area contributed by atoms with Crippen LogP contribution in [0, 0.1) is 6.92 Å². The smallest absolute Gasteiger partial charge is 0.339 e. The van der Waals surface area contributed by atoms with E-state index in [0.29, 0.717) is 11.1 Å². The van der Waals surface area contributed by atoms with Gasteiger partial charge >= 0.3 is 5.97 Å². The van der Waals surface area contributed by atoms with Gasteiger partial charge in [-0.15, -0.1) is 0 Å². The van der Waals surface area contributed by atoms with Gasteiger partial charge in [0.25, 0.3) is 0 Å². The van der Waals surface area contributed by atoms with Crippen molar-refractivity contribution in [1.82, 2.24) is 0 Å². The maximum Gasteiger partial charge on any atom is 0.339 e. The first-order chi connectivity index (χ1) is 11.1. The molecule has 0 saturated heterocycles. The van der Waals surface area contributed by atoms with Crippen LogP contribution >= 0.6 is 0 Å². The van der Waals surface area contributed by atoms with Gasteiger partial charge in [0.15, 0.2) is 6.10 Å². The predicted octanol–water partition coefficient (Wildman–Crippen LogP) is 3.91. The summed E-state index contributed by atoms with van der Waals surface area (Å²) in [5, 5.41) is 0. The molecule has 1 aliphatic carbocycles. The van der Waals surface area contributed by atoms with Gasteiger partial charge in [0.05, 0.1) is 5.56 Å². The fraction of sp³-hybridized carbons (Fsp3) is 0.300. The third kappa shape index (κ3) is 3.19. The van der Waals surface area contributed by atoms with Crippen molar-refractivity contribution >= 4 is 11.8 Å². The molecule has 2 aromatic rings. The van der Waals surface area contributed by atoms with Crippen molar-refractivity contribution in [3.05, 3.63) is 70.3 Å². The molecule has 0 spiro atoms. The average molecular weight is 308 g/mol. The number of aryl methyl sites for hydroxylation is 3. The number of ketones is 1. The summed E-state index contributed by atoms with van der Waals surface area (Å²) in [6.07, 6.45) is 2.46. The van der Waals surface area contributed by atoms with Gasteiger partial charge in [-0.1, -0.05) is 30.3 Å². The zero-order valence-corrected chi connectivity index (χ0v) is 13.5. The van der Waals surface area contributed by atoms with Crippen molar-refractivity contribution < 1.29 is 14.3 Å². The second-order valence-electron chi connectivity index (χ2n) is 6.06. The highest BCUT2D eigenvalue weighted by Gasteiger charge is 2.22. The SMILES string of the molecule is Cc1ccccc1C(=O)O[C@@H](C)C(=O)c1ccc2c(c1)CCC2. The lowest BCUT2D eigenvalue weighted by atomic mass is 10.0. The molecule has 0 heterocycles. The van der Waals surface area contributed by atoms with Crippen molar-refractivity contribution in [2.24, 2.45) is 0 Å². The topological polar surface area (TPSA) is 43.4 Å². The Morgan fingerprint density at radius 1 is 1.04 bits per heavy atom. The van der Waals surface area contributed by atoms with Crippen LogP contribution < -0.4 is 0 Å². The molecule has 0 radical (unpaired) electrons. The van der Waals surface area contributed by atoms with Crippen LogP contribution in [0.3, 0.4) is 0 Å². The van der Waals surface area contributed by atoms with Gasteiger partial charge in [-0.3, -0.25) is 4.79 Å². The van der Waals surface area contributed by atoms with E-state index in [1.807, 2.05) is 37.3 Å². The first-order valence-electron chi connectivity index (χ1n) is 7.99. The van der Waals surface area contributed by atoms with Crippen LogP contribution in [0.25, 0.3) is 0 Å². The van der Waals surface area contributed by atoms with E-state index in [1.54, 1.807) is 19.1 Å². The zero-order chi connectivity index (χ0) is 16.4. The molecule has 0 saturated carbocycles. The molecule has 0 amide bonds. The molecular formula is C20H20O3. The summed E-state index contributed by atoms with van der Waals surface area (Å²) in [6.45, 7) is 3.48. The van der Waals surface area contributed by atoms with Crippen LogP contribution in [0.1, 0.15) is 50.8 Å². The first-order valence-corrected chi connectivity index (χ1v) is 7.99. The number of fused-ring (bicyclic) bond motifs is 1. The summed E-state index contributed by atoms with van der Waals surface area (Å²) in [5.74, 6) is -0.605. The summed E-state index contributed by atoms with van der Waals surface area (Å²) >= 11 is 0. The number of hydrogen-bond acceptors (Lipinski definition) is 3. The number of hydrogen-bond donors (Lipinski definition) is 0. The lowest BCUT2D eigenvalue weighted by Gasteiger charge is -2.14. The van der Waals surface area contributed by atoms with Crippen LogP contribution in [0.5, 0.6) is 0 Å². The van der Waals surface area contributed by atoms with Crippen molar-refractivity contribution in [2.75, 3.05) is 0 Å². The van der Waals surface area contributed by atoms with Crippen molar-refractivity contribution in [1.29, 1.82) is 0 Å². The highest BCUT2D eigenvalue weighted by Crippen LogP contribution is 2.23. The molecule has 3 heteroatoms. The maximum atomic E-state index is 12.5. The minimum atomic E-state index is -0.790. The van der Waals surface area contributed by atoms with Crippen LogP contribution in [0.2, 0.25) is 0 Å². The van der Waals surface area contributed by atoms with Gasteiger partial charge < -0.3 is 4.74 Å². The van der Waals surface area contributed by atoms with E-state index in [2.05, 4.69) is 0 Å². The predicted molar refractivity (Wildman–Crippen MR) is 88.9 cm³/mol. The van der Waals surface area contributed by atoms with E-state index in [9.17, 15) is 9.59 Å². The second-order valence-corrected chi connectivity index (χ2v) is 6.06. The number of ether oxygens (including phenoxy) is 1. The Balaban J connectivity index is 1.73. The molecule has 1 atom stereocenters. The van der Waals surface area contributed by atoms with E-state index in [0.717, 1.165) is 24.8 Å². The fourth-order valence-electron chi connectivity index (χ4n) is 3.04. The number of rotatable bonds is 4. The molecule has 0 bridgehead atoms. The summed E-state index contributed by atoms with van der Waals surface area (Å²) in [5.41, 5.74) is 4.53. The Kier molecular flexibility index (Phi) is 4.28. The molecule has 0 N–H and O–H groups in total. The second kappa shape index (κ2) is 6.37. The van der Waals surface area contributed by atoms with Gasteiger partial charge in [0, 0.05) is 5.56 Å². The lowest BCUT2D eigenvalue weighted by molar-refractivity contribution is 0.0318. The Morgan fingerprint density at radius 2 is 1.78 bits per heavy atom. The molecular weight excluding hydrogens is 288 g/mol. The number of esters is 1. The molecule has 23 heavy (non-hydrogen) atoms. The highest BCUT2D eigenvalue weighted by molar-refractivity contribution is 6.01. The van der Waals surface area contributed by atoms with E-state index >= 15 is 0 Å². The van der Waals surface area contributed by atoms with Gasteiger partial charge in [-0.05, 0) is 61.9 Å². The number of carbonyl (C=O) groups excluding carboxylic acids is 2. The third-order valence-corrected chi connectivity index (χ3v) is 4.40. The molecule has 0 aliphatic heterocycles. The lowest BCUT2D eigenvalue weighted by Crippen LogP contribution is -2.25. The van der Waals surface area contributed by atoms with Gasteiger partial charge in [-0.2, -0.15) is 0 Å². The third-order valence-electron chi connectivity index (χ3n) is 4.40. The highest BCUT2D eigenvalue weighted by atomic mass is 16.5. The fourth-order valence-corrected chi connectivity index (χ4v) is 3.04. The Labute approximate surface area is 136 Å². The quantitative estimate of drug-likeness (QED) is 0.635. The average Bonchev–Trinajstić information content (AvgIpc) is 3.01. The molecule has 3 nitrogen and oxygen atoms in total. The zero-order valence-electron chi connectivity index (χ0n) is 13.5. The Hall–Kier alpha value is -2.42. The van der Waals surface area contributed by atoms with E-state index in [-0.39, 0.29) is 5.78 Å². The molecule has 0 unspecified atom stereocenters. The normalized spacial score (nSPS) is 14.2. The number of Topliss-reactive ketones (excluding diaryl/α,β-unsaturated/α-hetero) is 1. The number of benzene rings is 2. The van der Waals surface area contributed by atoms with Crippen LogP contribution in [0.15, 0.2) is 42.5 Å². The van der Waals surface area contributed by atoms with Gasteiger partial charge in [0.2, 0.25) is 5.78 Å². The van der Waals surface area contributed by atoms with Crippen molar-refractivity contribution in [3.8, 4) is 0 Å². The Bertz CT molecular complexity index is 761. The van der Waals surface area contributed by atoms with Crippen LogP contribution in [-0.2, 0) is 17.6 Å². The van der Waals surface area contributed by atoms with Crippen molar-refractivity contribution in [3.63, 3.8) is 0 Å². The molecule has 118 valence electrons. The number of carbonyl (C=O) groups is 2. The summed E-state index contributed by atoms with van der Waals surface area (Å²) < 4.78 is 5.36. The van der Waals surface area contributed by atoms with Gasteiger partial charge in [-0.25, -0.2) is 4.79 Å².